The van der Waals surface area contributed by atoms with Crippen LogP contribution in [0.15, 0.2) is 40.1 Å². The van der Waals surface area contributed by atoms with Gasteiger partial charge < -0.3 is 30.1 Å². The van der Waals surface area contributed by atoms with Gasteiger partial charge in [-0.2, -0.15) is 0 Å². The van der Waals surface area contributed by atoms with Gasteiger partial charge in [-0.1, -0.05) is 16.8 Å². The molecule has 3 aliphatic carbocycles. The quantitative estimate of drug-likeness (QED) is 0.501. The van der Waals surface area contributed by atoms with E-state index in [1.54, 1.807) is 18.2 Å². The van der Waals surface area contributed by atoms with Crippen molar-refractivity contribution in [1.29, 1.82) is 0 Å². The molecule has 2 amide bonds. The van der Waals surface area contributed by atoms with E-state index in [1.165, 1.54) is 0 Å². The highest BCUT2D eigenvalue weighted by molar-refractivity contribution is 6.30. The third-order valence-corrected chi connectivity index (χ3v) is 6.58. The molecule has 1 fully saturated rings. The van der Waals surface area contributed by atoms with Crippen molar-refractivity contribution in [3.63, 3.8) is 0 Å². The molecule has 2 aromatic rings. The lowest BCUT2D eigenvalue weighted by Crippen LogP contribution is -2.61. The Morgan fingerprint density at radius 2 is 1.97 bits per heavy atom. The minimum atomic E-state index is -2.86. The van der Waals surface area contributed by atoms with Gasteiger partial charge in [0.2, 0.25) is 5.76 Å². The number of rotatable bonds is 5. The summed E-state index contributed by atoms with van der Waals surface area (Å²) in [6.45, 7) is 0. The molecule has 1 saturated carbocycles. The Morgan fingerprint density at radius 1 is 1.21 bits per heavy atom. The van der Waals surface area contributed by atoms with Crippen LogP contribution in [0.3, 0.4) is 0 Å². The van der Waals surface area contributed by atoms with Gasteiger partial charge in [0.15, 0.2) is 11.8 Å². The summed E-state index contributed by atoms with van der Waals surface area (Å²) in [6, 6.07) is 5.64. The Kier molecular flexibility index (Phi) is 5.58. The lowest BCUT2D eigenvalue weighted by atomic mass is 9.63. The second kappa shape index (κ2) is 8.33. The van der Waals surface area contributed by atoms with Crippen LogP contribution in [0.2, 0.25) is 5.02 Å². The van der Waals surface area contributed by atoms with Crippen molar-refractivity contribution >= 4 is 23.4 Å². The van der Waals surface area contributed by atoms with Crippen molar-refractivity contribution in [2.45, 2.75) is 56.0 Å². The van der Waals surface area contributed by atoms with Crippen LogP contribution in [0, 0.1) is 0 Å². The van der Waals surface area contributed by atoms with E-state index in [9.17, 15) is 28.6 Å². The Balaban J connectivity index is 1.23. The molecular weight excluding hydrogens is 476 g/mol. The molecule has 4 N–H and O–H groups in total. The molecule has 4 aliphatic rings. The zero-order valence-corrected chi connectivity index (χ0v) is 18.3. The minimum absolute atomic E-state index is 0.0235. The summed E-state index contributed by atoms with van der Waals surface area (Å²) in [6.07, 6.45) is -4.93. The first-order valence-corrected chi connectivity index (χ1v) is 10.9. The van der Waals surface area contributed by atoms with Crippen molar-refractivity contribution < 1.29 is 37.8 Å². The highest BCUT2D eigenvalue weighted by Crippen LogP contribution is 2.48. The summed E-state index contributed by atoms with van der Waals surface area (Å²) in [4.78, 5) is 25.2. The molecule has 0 unspecified atom stereocenters. The minimum Gasteiger partial charge on any atom is -0.480 e. The largest absolute Gasteiger partial charge is 0.480 e. The monoisotopic (exact) mass is 495 g/mol. The van der Waals surface area contributed by atoms with E-state index in [-0.39, 0.29) is 18.6 Å². The van der Waals surface area contributed by atoms with E-state index in [2.05, 4.69) is 20.3 Å². The van der Waals surface area contributed by atoms with Crippen LogP contribution in [0.1, 0.15) is 60.0 Å². The molecule has 0 saturated heterocycles. The van der Waals surface area contributed by atoms with E-state index in [0.29, 0.717) is 34.9 Å². The van der Waals surface area contributed by atoms with Crippen LogP contribution in [-0.4, -0.2) is 44.9 Å². The number of hydrogen-bond donors (Lipinski definition) is 4. The number of carbonyl (C=O) groups excluding carboxylic acids is 2. The number of aromatic nitrogens is 1. The van der Waals surface area contributed by atoms with Gasteiger partial charge in [0.25, 0.3) is 18.2 Å². The smallest absolute Gasteiger partial charge is 0.290 e. The number of fused-ring (bicyclic) bond motifs is 3. The number of aliphatic hydroxyl groups is 2. The van der Waals surface area contributed by atoms with E-state index >= 15 is 0 Å². The van der Waals surface area contributed by atoms with Gasteiger partial charge >= 0.3 is 0 Å². The molecule has 6 rings (SSSR count). The van der Waals surface area contributed by atoms with E-state index in [4.69, 9.17) is 16.3 Å². The van der Waals surface area contributed by atoms with Gasteiger partial charge in [-0.05, 0) is 36.6 Å². The molecule has 1 aliphatic heterocycles. The molecule has 2 heterocycles. The lowest BCUT2D eigenvalue weighted by Gasteiger charge is -2.51. The first-order valence-electron chi connectivity index (χ1n) is 10.6. The molecule has 3 atom stereocenters. The van der Waals surface area contributed by atoms with Gasteiger partial charge in [0.1, 0.15) is 5.75 Å². The number of nitrogens with zero attached hydrogens (tertiary/aromatic N) is 1. The number of benzene rings is 1. The average molecular weight is 496 g/mol. The SMILES string of the molecule is O=C(NC12CC(=C(NC(=O)[C@@H]3C[C@H](O)c4cc(Cl)ccc4O3)[C@@H](O)C1)C2)c1cc(C(F)F)no1. The third-order valence-electron chi connectivity index (χ3n) is 6.34. The average Bonchev–Trinajstić information content (AvgIpc) is 3.26. The third kappa shape index (κ3) is 4.04. The number of halogens is 3. The maximum absolute atomic E-state index is 12.8. The number of hydrogen-bond acceptors (Lipinski definition) is 7. The van der Waals surface area contributed by atoms with Crippen LogP contribution in [0.25, 0.3) is 0 Å². The van der Waals surface area contributed by atoms with Crippen LogP contribution >= 0.6 is 11.6 Å². The topological polar surface area (TPSA) is 134 Å². The number of amides is 2. The number of nitrogens with one attached hydrogen (secondary N) is 2. The predicted octanol–water partition coefficient (Wildman–Crippen LogP) is 2.55. The first-order chi connectivity index (χ1) is 16.1. The summed E-state index contributed by atoms with van der Waals surface area (Å²) in [5, 5.41) is 30.1. The van der Waals surface area contributed by atoms with Crippen LogP contribution in [-0.2, 0) is 4.79 Å². The van der Waals surface area contributed by atoms with Crippen molar-refractivity contribution in [3.8, 4) is 5.75 Å². The van der Waals surface area contributed by atoms with Crippen LogP contribution in [0.4, 0.5) is 8.78 Å². The molecule has 1 aromatic carbocycles. The van der Waals surface area contributed by atoms with Gasteiger partial charge in [0, 0.05) is 35.2 Å². The molecule has 12 heteroatoms. The summed E-state index contributed by atoms with van der Waals surface area (Å²) in [5.41, 5.74) is 0.199. The molecule has 1 aromatic heterocycles. The van der Waals surface area contributed by atoms with Crippen molar-refractivity contribution in [2.75, 3.05) is 0 Å². The molecule has 0 radical (unpaired) electrons. The molecular formula is C22H20ClF2N3O6. The van der Waals surface area contributed by atoms with Crippen molar-refractivity contribution in [3.05, 3.63) is 57.6 Å². The zero-order chi connectivity index (χ0) is 24.2. The Hall–Kier alpha value is -3.02. The summed E-state index contributed by atoms with van der Waals surface area (Å²) in [5.74, 6) is -1.20. The highest BCUT2D eigenvalue weighted by atomic mass is 35.5. The normalized spacial score (nSPS) is 27.5. The molecule has 9 nitrogen and oxygen atoms in total. The Labute approximate surface area is 196 Å². The Bertz CT molecular complexity index is 1190. The van der Waals surface area contributed by atoms with E-state index in [1.807, 2.05) is 0 Å². The number of ether oxygens (including phenoxy) is 1. The van der Waals surface area contributed by atoms with Crippen LogP contribution < -0.4 is 15.4 Å². The fraction of sp³-hybridized carbons (Fsp3) is 0.409. The molecule has 0 spiro atoms. The highest BCUT2D eigenvalue weighted by Gasteiger charge is 2.51. The van der Waals surface area contributed by atoms with Crippen molar-refractivity contribution in [1.82, 2.24) is 15.8 Å². The summed E-state index contributed by atoms with van der Waals surface area (Å²) >= 11 is 5.95. The number of aliphatic hydroxyl groups excluding tert-OH is 2. The second-order valence-electron chi connectivity index (χ2n) is 8.77. The van der Waals surface area contributed by atoms with Gasteiger partial charge in [-0.3, -0.25) is 9.59 Å². The standard InChI is InChI=1S/C22H20ClF2N3O6/c23-10-1-2-15-11(3-10)13(29)5-16(33-15)20(31)26-18-9-6-22(7-9,8-14(18)30)27-21(32)17-4-12(19(24)25)28-34-17/h1-4,13-14,16,19,29-30H,5-8H2,(H,26,31)(H,27,32)/t13-,14-,16-/m0/s1. The molecule has 34 heavy (non-hydrogen) atoms. The van der Waals surface area contributed by atoms with E-state index < -0.39 is 47.8 Å². The van der Waals surface area contributed by atoms with Gasteiger partial charge in [-0.25, -0.2) is 8.78 Å². The van der Waals surface area contributed by atoms with Gasteiger partial charge in [0.05, 0.1) is 17.7 Å². The second-order valence-corrected chi connectivity index (χ2v) is 9.21. The molecule has 2 bridgehead atoms. The fourth-order valence-corrected chi connectivity index (χ4v) is 4.89. The van der Waals surface area contributed by atoms with E-state index in [0.717, 1.165) is 11.6 Å². The first kappa shape index (κ1) is 22.8. The Morgan fingerprint density at radius 3 is 2.65 bits per heavy atom. The summed E-state index contributed by atoms with van der Waals surface area (Å²) in [7, 11) is 0. The lowest BCUT2D eigenvalue weighted by molar-refractivity contribution is -0.130. The molecule has 180 valence electrons. The maximum atomic E-state index is 12.8. The van der Waals surface area contributed by atoms with Crippen LogP contribution in [0.5, 0.6) is 5.75 Å². The van der Waals surface area contributed by atoms with Gasteiger partial charge in [-0.15, -0.1) is 0 Å². The number of carbonyl (C=O) groups is 2. The maximum Gasteiger partial charge on any atom is 0.290 e. The number of alkyl halides is 2. The predicted molar refractivity (Wildman–Crippen MR) is 112 cm³/mol. The van der Waals surface area contributed by atoms with Crippen molar-refractivity contribution in [2.24, 2.45) is 0 Å². The fourth-order valence-electron chi connectivity index (χ4n) is 4.71. The zero-order valence-electron chi connectivity index (χ0n) is 17.6. The summed E-state index contributed by atoms with van der Waals surface area (Å²) < 4.78 is 35.8.